The maximum atomic E-state index is 6.10. The van der Waals surface area contributed by atoms with Crippen LogP contribution in [0.1, 0.15) is 43.5 Å². The van der Waals surface area contributed by atoms with Gasteiger partial charge in [-0.3, -0.25) is 4.98 Å². The van der Waals surface area contributed by atoms with Crippen LogP contribution in [-0.4, -0.2) is 11.5 Å². The summed E-state index contributed by atoms with van der Waals surface area (Å²) in [6.45, 7) is 10.1. The Balaban J connectivity index is 2.25. The molecule has 0 spiro atoms. The Morgan fingerprint density at radius 3 is 2.76 bits per heavy atom. The van der Waals surface area contributed by atoms with Crippen molar-refractivity contribution in [1.29, 1.82) is 0 Å². The second kappa shape index (κ2) is 7.23. The van der Waals surface area contributed by atoms with Crippen LogP contribution in [0.3, 0.4) is 0 Å². The van der Waals surface area contributed by atoms with Crippen LogP contribution in [0.2, 0.25) is 0 Å². The molecule has 0 radical (unpaired) electrons. The minimum absolute atomic E-state index is 0.494. The average molecular weight is 284 g/mol. The summed E-state index contributed by atoms with van der Waals surface area (Å²) in [4.78, 5) is 4.36. The maximum Gasteiger partial charge on any atom is 0.135 e. The van der Waals surface area contributed by atoms with E-state index in [-0.39, 0.29) is 0 Å². The van der Waals surface area contributed by atoms with E-state index in [1.807, 2.05) is 31.3 Å². The third-order valence-corrected chi connectivity index (χ3v) is 3.40. The zero-order valence-corrected chi connectivity index (χ0v) is 13.3. The third kappa shape index (κ3) is 4.30. The molecular formula is C18H24N2O. The van der Waals surface area contributed by atoms with E-state index in [0.717, 1.165) is 35.8 Å². The van der Waals surface area contributed by atoms with Gasteiger partial charge in [-0.25, -0.2) is 0 Å². The average Bonchev–Trinajstić information content (AvgIpc) is 2.47. The number of nitrogens with zero attached hydrogens (tertiary/aromatic N) is 1. The maximum absolute atomic E-state index is 6.10. The molecule has 3 nitrogen and oxygen atoms in total. The molecule has 1 aromatic carbocycles. The van der Waals surface area contributed by atoms with Gasteiger partial charge < -0.3 is 10.1 Å². The first-order valence-electron chi connectivity index (χ1n) is 7.54. The van der Waals surface area contributed by atoms with Gasteiger partial charge in [0.1, 0.15) is 11.5 Å². The number of hydrogen-bond donors (Lipinski definition) is 1. The van der Waals surface area contributed by atoms with E-state index in [0.29, 0.717) is 5.92 Å². The van der Waals surface area contributed by atoms with Crippen molar-refractivity contribution in [1.82, 2.24) is 10.3 Å². The summed E-state index contributed by atoms with van der Waals surface area (Å²) in [5.74, 6) is 2.25. The fourth-order valence-corrected chi connectivity index (χ4v) is 2.11. The van der Waals surface area contributed by atoms with E-state index in [1.54, 1.807) is 0 Å². The van der Waals surface area contributed by atoms with Crippen LogP contribution in [0.5, 0.6) is 11.5 Å². The number of rotatable bonds is 6. The molecule has 1 N–H and O–H groups in total. The Morgan fingerprint density at radius 2 is 2.05 bits per heavy atom. The van der Waals surface area contributed by atoms with Gasteiger partial charge in [0.25, 0.3) is 0 Å². The Labute approximate surface area is 127 Å². The fraction of sp³-hybridized carbons (Fsp3) is 0.389. The lowest BCUT2D eigenvalue weighted by Crippen LogP contribution is -2.12. The van der Waals surface area contributed by atoms with Crippen molar-refractivity contribution in [3.05, 3.63) is 53.3 Å². The summed E-state index contributed by atoms with van der Waals surface area (Å²) in [7, 11) is 0. The number of aryl methyl sites for hydroxylation is 1. The second-order valence-electron chi connectivity index (χ2n) is 5.54. The second-order valence-corrected chi connectivity index (χ2v) is 5.54. The van der Waals surface area contributed by atoms with Crippen molar-refractivity contribution in [3.63, 3.8) is 0 Å². The highest BCUT2D eigenvalue weighted by molar-refractivity contribution is 5.39. The van der Waals surface area contributed by atoms with Gasteiger partial charge in [0.15, 0.2) is 0 Å². The van der Waals surface area contributed by atoms with Crippen LogP contribution in [0.25, 0.3) is 0 Å². The van der Waals surface area contributed by atoms with E-state index in [2.05, 4.69) is 43.2 Å². The highest BCUT2D eigenvalue weighted by Crippen LogP contribution is 2.28. The highest BCUT2D eigenvalue weighted by Gasteiger charge is 2.07. The summed E-state index contributed by atoms with van der Waals surface area (Å²) >= 11 is 0. The van der Waals surface area contributed by atoms with Crippen LogP contribution >= 0.6 is 0 Å². The van der Waals surface area contributed by atoms with Crippen molar-refractivity contribution >= 4 is 0 Å². The first-order chi connectivity index (χ1) is 10.1. The Morgan fingerprint density at radius 1 is 1.24 bits per heavy atom. The molecule has 0 unspecified atom stereocenters. The molecule has 0 saturated carbocycles. The normalized spacial score (nSPS) is 10.9. The smallest absolute Gasteiger partial charge is 0.135 e. The predicted molar refractivity (Wildman–Crippen MR) is 87.0 cm³/mol. The van der Waals surface area contributed by atoms with Crippen molar-refractivity contribution in [3.8, 4) is 11.5 Å². The third-order valence-electron chi connectivity index (χ3n) is 3.40. The van der Waals surface area contributed by atoms with Crippen molar-refractivity contribution < 1.29 is 4.74 Å². The van der Waals surface area contributed by atoms with E-state index in [1.165, 1.54) is 5.56 Å². The van der Waals surface area contributed by atoms with Crippen molar-refractivity contribution in [2.45, 2.75) is 40.2 Å². The summed E-state index contributed by atoms with van der Waals surface area (Å²) in [5.41, 5.74) is 3.33. The van der Waals surface area contributed by atoms with Gasteiger partial charge in [0.05, 0.1) is 0 Å². The molecule has 0 atom stereocenters. The lowest BCUT2D eigenvalue weighted by atomic mass is 10.0. The molecule has 0 bridgehead atoms. The number of nitrogens with one attached hydrogen (secondary N) is 1. The predicted octanol–water partition coefficient (Wildman–Crippen LogP) is 4.42. The van der Waals surface area contributed by atoms with Gasteiger partial charge in [0.2, 0.25) is 0 Å². The van der Waals surface area contributed by atoms with Crippen LogP contribution in [-0.2, 0) is 6.54 Å². The number of benzene rings is 1. The summed E-state index contributed by atoms with van der Waals surface area (Å²) in [6.07, 6.45) is 1.89. The number of pyridine rings is 1. The largest absolute Gasteiger partial charge is 0.457 e. The molecule has 0 aliphatic rings. The quantitative estimate of drug-likeness (QED) is 0.853. The minimum atomic E-state index is 0.494. The van der Waals surface area contributed by atoms with E-state index < -0.39 is 0 Å². The SMILES string of the molecule is CCNCc1cnc(C)cc1Oc1cccc(C(C)C)c1. The Kier molecular flexibility index (Phi) is 5.34. The minimum Gasteiger partial charge on any atom is -0.457 e. The molecule has 112 valence electrons. The van der Waals surface area contributed by atoms with Gasteiger partial charge in [-0.15, -0.1) is 0 Å². The van der Waals surface area contributed by atoms with Crippen LogP contribution in [0.4, 0.5) is 0 Å². The lowest BCUT2D eigenvalue weighted by Gasteiger charge is -2.13. The van der Waals surface area contributed by atoms with Crippen LogP contribution in [0.15, 0.2) is 36.5 Å². The number of hydrogen-bond acceptors (Lipinski definition) is 3. The number of aromatic nitrogens is 1. The van der Waals surface area contributed by atoms with Crippen molar-refractivity contribution in [2.24, 2.45) is 0 Å². The summed E-state index contributed by atoms with van der Waals surface area (Å²) < 4.78 is 6.10. The number of ether oxygens (including phenoxy) is 1. The first-order valence-corrected chi connectivity index (χ1v) is 7.54. The van der Waals surface area contributed by atoms with Gasteiger partial charge >= 0.3 is 0 Å². The molecule has 0 amide bonds. The van der Waals surface area contributed by atoms with Crippen LogP contribution in [0, 0.1) is 6.92 Å². The van der Waals surface area contributed by atoms with Gasteiger partial charge in [-0.2, -0.15) is 0 Å². The lowest BCUT2D eigenvalue weighted by molar-refractivity contribution is 0.470. The molecule has 2 aromatic rings. The zero-order valence-electron chi connectivity index (χ0n) is 13.3. The van der Waals surface area contributed by atoms with Crippen LogP contribution < -0.4 is 10.1 Å². The summed E-state index contributed by atoms with van der Waals surface area (Å²) in [5, 5.41) is 3.32. The van der Waals surface area contributed by atoms with Crippen molar-refractivity contribution in [2.75, 3.05) is 6.54 Å². The zero-order chi connectivity index (χ0) is 15.2. The fourth-order valence-electron chi connectivity index (χ4n) is 2.11. The van der Waals surface area contributed by atoms with E-state index >= 15 is 0 Å². The first kappa shape index (κ1) is 15.5. The summed E-state index contributed by atoms with van der Waals surface area (Å²) in [6, 6.07) is 10.3. The molecule has 0 fully saturated rings. The molecule has 0 aliphatic carbocycles. The monoisotopic (exact) mass is 284 g/mol. The Hall–Kier alpha value is -1.87. The molecule has 1 aromatic heterocycles. The molecule has 3 heteroatoms. The standard InChI is InChI=1S/C18H24N2O/c1-5-19-11-16-12-20-14(4)9-18(16)21-17-8-6-7-15(10-17)13(2)3/h6-10,12-13,19H,5,11H2,1-4H3. The van der Waals surface area contributed by atoms with Gasteiger partial charge in [0, 0.05) is 30.1 Å². The molecule has 0 aliphatic heterocycles. The molecule has 21 heavy (non-hydrogen) atoms. The molecule has 0 saturated heterocycles. The van der Waals surface area contributed by atoms with Gasteiger partial charge in [-0.1, -0.05) is 32.9 Å². The van der Waals surface area contributed by atoms with E-state index in [9.17, 15) is 0 Å². The van der Waals surface area contributed by atoms with E-state index in [4.69, 9.17) is 4.74 Å². The molecule has 2 rings (SSSR count). The Bertz CT molecular complexity index is 594. The molecule has 1 heterocycles. The topological polar surface area (TPSA) is 34.2 Å². The highest BCUT2D eigenvalue weighted by atomic mass is 16.5. The molecular weight excluding hydrogens is 260 g/mol. The van der Waals surface area contributed by atoms with Gasteiger partial charge in [-0.05, 0) is 37.1 Å².